The van der Waals surface area contributed by atoms with Gasteiger partial charge in [0.25, 0.3) is 0 Å². The number of nitrogens with one attached hydrogen (secondary N) is 1. The Morgan fingerprint density at radius 3 is 2.42 bits per heavy atom. The van der Waals surface area contributed by atoms with Crippen molar-refractivity contribution >= 4 is 23.4 Å². The molecule has 0 radical (unpaired) electrons. The minimum absolute atomic E-state index is 0.252. The lowest BCUT2D eigenvalue weighted by atomic mass is 10.1. The summed E-state index contributed by atoms with van der Waals surface area (Å²) in [5.41, 5.74) is 12.6. The number of aromatic nitrogens is 2. The van der Waals surface area contributed by atoms with E-state index in [1.807, 2.05) is 25.2 Å². The van der Waals surface area contributed by atoms with E-state index >= 15 is 0 Å². The van der Waals surface area contributed by atoms with Gasteiger partial charge in [-0.05, 0) is 37.4 Å². The summed E-state index contributed by atoms with van der Waals surface area (Å²) in [4.78, 5) is 9.46. The monoisotopic (exact) mass is 275 g/mol. The topological polar surface area (TPSA) is 89.8 Å². The highest BCUT2D eigenvalue weighted by molar-refractivity contribution is 7.99. The van der Waals surface area contributed by atoms with Gasteiger partial charge in [-0.3, -0.25) is 0 Å². The lowest BCUT2D eigenvalue weighted by Crippen LogP contribution is -2.13. The van der Waals surface area contributed by atoms with Gasteiger partial charge in [0.05, 0.1) is 0 Å². The molecule has 0 aliphatic rings. The highest BCUT2D eigenvalue weighted by Gasteiger charge is 2.11. The van der Waals surface area contributed by atoms with Crippen LogP contribution in [0.2, 0.25) is 0 Å². The number of hydrogen-bond acceptors (Lipinski definition) is 6. The molecule has 1 aromatic carbocycles. The average molecular weight is 275 g/mol. The number of nitrogens with two attached hydrogens (primary N) is 2. The minimum Gasteiger partial charge on any atom is -0.383 e. The van der Waals surface area contributed by atoms with E-state index < -0.39 is 0 Å². The zero-order valence-corrected chi connectivity index (χ0v) is 11.7. The van der Waals surface area contributed by atoms with E-state index in [0.29, 0.717) is 16.8 Å². The molecule has 1 atom stereocenters. The van der Waals surface area contributed by atoms with Crippen molar-refractivity contribution in [3.63, 3.8) is 0 Å². The van der Waals surface area contributed by atoms with E-state index in [2.05, 4.69) is 28.3 Å². The second kappa shape index (κ2) is 5.90. The van der Waals surface area contributed by atoms with E-state index in [4.69, 9.17) is 11.5 Å². The number of rotatable bonds is 4. The zero-order chi connectivity index (χ0) is 13.8. The van der Waals surface area contributed by atoms with Gasteiger partial charge in [0.15, 0.2) is 5.16 Å². The predicted octanol–water partition coefficient (Wildman–Crippen LogP) is 2.07. The first-order valence-corrected chi connectivity index (χ1v) is 6.76. The third-order valence-corrected chi connectivity index (χ3v) is 3.72. The van der Waals surface area contributed by atoms with Crippen LogP contribution in [0.25, 0.3) is 0 Å². The molecule has 0 amide bonds. The Morgan fingerprint density at radius 1 is 1.16 bits per heavy atom. The van der Waals surface area contributed by atoms with E-state index in [1.165, 1.54) is 17.3 Å². The zero-order valence-electron chi connectivity index (χ0n) is 10.9. The molecule has 19 heavy (non-hydrogen) atoms. The lowest BCUT2D eigenvalue weighted by molar-refractivity contribution is 0.641. The van der Waals surface area contributed by atoms with Crippen molar-refractivity contribution in [1.82, 2.24) is 15.3 Å². The molecule has 1 heterocycles. The van der Waals surface area contributed by atoms with Crippen molar-refractivity contribution in [2.24, 2.45) is 0 Å². The smallest absolute Gasteiger partial charge is 0.196 e. The minimum atomic E-state index is 0.252. The van der Waals surface area contributed by atoms with Crippen LogP contribution in [0.15, 0.2) is 40.4 Å². The van der Waals surface area contributed by atoms with E-state index in [1.54, 1.807) is 6.07 Å². The van der Waals surface area contributed by atoms with Crippen molar-refractivity contribution in [3.05, 3.63) is 35.9 Å². The molecule has 0 spiro atoms. The number of anilines is 2. The second-order valence-corrected chi connectivity index (χ2v) is 5.16. The fourth-order valence-electron chi connectivity index (χ4n) is 1.69. The highest BCUT2D eigenvalue weighted by atomic mass is 32.2. The van der Waals surface area contributed by atoms with Crippen molar-refractivity contribution in [3.8, 4) is 0 Å². The van der Waals surface area contributed by atoms with Crippen LogP contribution in [0.1, 0.15) is 18.5 Å². The molecule has 0 fully saturated rings. The van der Waals surface area contributed by atoms with Crippen molar-refractivity contribution in [2.75, 3.05) is 18.5 Å². The summed E-state index contributed by atoms with van der Waals surface area (Å²) in [7, 11) is 1.93. The van der Waals surface area contributed by atoms with Gasteiger partial charge in [-0.1, -0.05) is 18.2 Å². The van der Waals surface area contributed by atoms with Gasteiger partial charge in [0.2, 0.25) is 0 Å². The van der Waals surface area contributed by atoms with Gasteiger partial charge < -0.3 is 16.8 Å². The van der Waals surface area contributed by atoms with Crippen molar-refractivity contribution < 1.29 is 0 Å². The first kappa shape index (κ1) is 13.6. The van der Waals surface area contributed by atoms with Crippen molar-refractivity contribution in [1.29, 1.82) is 0 Å². The van der Waals surface area contributed by atoms with Crippen LogP contribution >= 0.6 is 11.8 Å². The molecular formula is C13H17N5S. The van der Waals surface area contributed by atoms with E-state index in [-0.39, 0.29) is 6.04 Å². The van der Waals surface area contributed by atoms with Crippen LogP contribution in [-0.4, -0.2) is 17.0 Å². The molecular weight excluding hydrogens is 258 g/mol. The summed E-state index contributed by atoms with van der Waals surface area (Å²) in [5.74, 6) is 0.767. The second-order valence-electron chi connectivity index (χ2n) is 4.15. The molecule has 0 bridgehead atoms. The molecule has 1 aromatic heterocycles. The fourth-order valence-corrected chi connectivity index (χ4v) is 2.70. The van der Waals surface area contributed by atoms with Gasteiger partial charge in [-0.15, -0.1) is 0 Å². The van der Waals surface area contributed by atoms with Gasteiger partial charge >= 0.3 is 0 Å². The highest BCUT2D eigenvalue weighted by Crippen LogP contribution is 2.31. The number of nitrogen functional groups attached to an aromatic ring is 2. The summed E-state index contributed by atoms with van der Waals surface area (Å²) >= 11 is 1.46. The largest absolute Gasteiger partial charge is 0.383 e. The van der Waals surface area contributed by atoms with Crippen LogP contribution < -0.4 is 16.8 Å². The number of benzene rings is 1. The Morgan fingerprint density at radius 2 is 1.79 bits per heavy atom. The molecule has 0 aliphatic carbocycles. The molecule has 1 unspecified atom stereocenters. The van der Waals surface area contributed by atoms with Crippen LogP contribution in [0.5, 0.6) is 0 Å². The quantitative estimate of drug-likeness (QED) is 0.740. The normalized spacial score (nSPS) is 12.3. The number of nitrogens with zero attached hydrogens (tertiary/aromatic N) is 2. The number of hydrogen-bond donors (Lipinski definition) is 3. The Balaban J connectivity index is 2.32. The standard InChI is InChI=1S/C13H17N5S/c1-8(16-2)9-5-3-4-6-10(9)19-13-17-11(14)7-12(15)18-13/h3-8,16H,1-2H3,(H4,14,15,17,18). The maximum atomic E-state index is 5.68. The van der Waals surface area contributed by atoms with Crippen LogP contribution in [-0.2, 0) is 0 Å². The SMILES string of the molecule is CNC(C)c1ccccc1Sc1nc(N)cc(N)n1. The first-order valence-electron chi connectivity index (χ1n) is 5.94. The third kappa shape index (κ3) is 3.36. The molecule has 6 heteroatoms. The Bertz CT molecular complexity index is 552. The average Bonchev–Trinajstić information content (AvgIpc) is 2.37. The van der Waals surface area contributed by atoms with Crippen LogP contribution in [0, 0.1) is 0 Å². The molecule has 5 N–H and O–H groups in total. The predicted molar refractivity (Wildman–Crippen MR) is 78.9 cm³/mol. The molecule has 0 saturated heterocycles. The molecule has 0 aliphatic heterocycles. The van der Waals surface area contributed by atoms with Gasteiger partial charge in [-0.2, -0.15) is 0 Å². The molecule has 0 saturated carbocycles. The van der Waals surface area contributed by atoms with Crippen LogP contribution in [0.4, 0.5) is 11.6 Å². The van der Waals surface area contributed by atoms with E-state index in [0.717, 1.165) is 4.90 Å². The third-order valence-electron chi connectivity index (χ3n) is 2.77. The van der Waals surface area contributed by atoms with E-state index in [9.17, 15) is 0 Å². The summed E-state index contributed by atoms with van der Waals surface area (Å²) in [6.45, 7) is 2.11. The van der Waals surface area contributed by atoms with Gasteiger partial charge in [0, 0.05) is 17.0 Å². The Kier molecular flexibility index (Phi) is 4.24. The Hall–Kier alpha value is -1.79. The summed E-state index contributed by atoms with van der Waals surface area (Å²) in [6.07, 6.45) is 0. The molecule has 5 nitrogen and oxygen atoms in total. The summed E-state index contributed by atoms with van der Waals surface area (Å²) in [5, 5.41) is 3.79. The van der Waals surface area contributed by atoms with Crippen molar-refractivity contribution in [2.45, 2.75) is 23.0 Å². The maximum absolute atomic E-state index is 5.68. The fraction of sp³-hybridized carbons (Fsp3) is 0.231. The van der Waals surface area contributed by atoms with Gasteiger partial charge in [-0.25, -0.2) is 9.97 Å². The summed E-state index contributed by atoms with van der Waals surface area (Å²) < 4.78 is 0. The van der Waals surface area contributed by atoms with Crippen LogP contribution in [0.3, 0.4) is 0 Å². The molecule has 2 aromatic rings. The Labute approximate surface area is 116 Å². The summed E-state index contributed by atoms with van der Waals surface area (Å²) in [6, 6.07) is 9.93. The first-order chi connectivity index (χ1) is 9.10. The maximum Gasteiger partial charge on any atom is 0.196 e. The lowest BCUT2D eigenvalue weighted by Gasteiger charge is -2.14. The molecule has 100 valence electrons. The van der Waals surface area contributed by atoms with Gasteiger partial charge in [0.1, 0.15) is 11.6 Å². The molecule has 2 rings (SSSR count).